The van der Waals surface area contributed by atoms with E-state index in [1.807, 2.05) is 18.2 Å². The van der Waals surface area contributed by atoms with Gasteiger partial charge in [0.25, 0.3) is 0 Å². The summed E-state index contributed by atoms with van der Waals surface area (Å²) >= 11 is 5.80. The van der Waals surface area contributed by atoms with Crippen LogP contribution in [0.4, 0.5) is 4.39 Å². The molecular formula is C16H17ClFNO. The van der Waals surface area contributed by atoms with Crippen LogP contribution in [0, 0.1) is 5.82 Å². The van der Waals surface area contributed by atoms with Crippen LogP contribution in [0.2, 0.25) is 5.02 Å². The van der Waals surface area contributed by atoms with Crippen LogP contribution in [-0.2, 0) is 6.54 Å². The van der Waals surface area contributed by atoms with Gasteiger partial charge in [-0.15, -0.1) is 0 Å². The number of nitrogens with one attached hydrogen (secondary N) is 1. The second-order valence-electron chi connectivity index (χ2n) is 4.62. The van der Waals surface area contributed by atoms with Crippen molar-refractivity contribution in [1.29, 1.82) is 0 Å². The number of rotatable bonds is 6. The van der Waals surface area contributed by atoms with Crippen molar-refractivity contribution in [1.82, 2.24) is 5.32 Å². The smallest absolute Gasteiger partial charge is 0.127 e. The van der Waals surface area contributed by atoms with Crippen molar-refractivity contribution in [2.75, 3.05) is 6.54 Å². The Morgan fingerprint density at radius 1 is 1.10 bits per heavy atom. The topological polar surface area (TPSA) is 32.3 Å². The molecule has 0 aromatic heterocycles. The first kappa shape index (κ1) is 15.0. The van der Waals surface area contributed by atoms with E-state index in [9.17, 15) is 9.50 Å². The van der Waals surface area contributed by atoms with Crippen LogP contribution in [0.1, 0.15) is 23.7 Å². The van der Waals surface area contributed by atoms with E-state index in [2.05, 4.69) is 5.32 Å². The first-order chi connectivity index (χ1) is 9.66. The molecule has 0 saturated carbocycles. The van der Waals surface area contributed by atoms with Gasteiger partial charge in [0.05, 0.1) is 6.10 Å². The lowest BCUT2D eigenvalue weighted by Crippen LogP contribution is -2.17. The first-order valence-electron chi connectivity index (χ1n) is 6.54. The molecule has 4 heteroatoms. The van der Waals surface area contributed by atoms with E-state index in [0.717, 1.165) is 5.56 Å². The number of aliphatic hydroxyl groups excluding tert-OH is 1. The highest BCUT2D eigenvalue weighted by Gasteiger charge is 2.07. The van der Waals surface area contributed by atoms with E-state index < -0.39 is 6.10 Å². The van der Waals surface area contributed by atoms with Crippen LogP contribution < -0.4 is 5.32 Å². The third-order valence-corrected chi connectivity index (χ3v) is 3.37. The maximum Gasteiger partial charge on any atom is 0.127 e. The minimum absolute atomic E-state index is 0.210. The van der Waals surface area contributed by atoms with Gasteiger partial charge in [0.1, 0.15) is 5.82 Å². The summed E-state index contributed by atoms with van der Waals surface area (Å²) in [4.78, 5) is 0. The third-order valence-electron chi connectivity index (χ3n) is 3.12. The Hall–Kier alpha value is -1.42. The Morgan fingerprint density at radius 2 is 1.80 bits per heavy atom. The molecule has 0 heterocycles. The molecule has 0 amide bonds. The molecule has 0 radical (unpaired) electrons. The molecule has 0 aliphatic heterocycles. The molecule has 1 atom stereocenters. The Bertz CT molecular complexity index is 544. The minimum atomic E-state index is -0.541. The van der Waals surface area contributed by atoms with Crippen molar-refractivity contribution in [3.05, 3.63) is 70.5 Å². The number of benzene rings is 2. The Kier molecular flexibility index (Phi) is 5.53. The molecule has 2 aromatic carbocycles. The first-order valence-corrected chi connectivity index (χ1v) is 6.92. The van der Waals surface area contributed by atoms with E-state index in [-0.39, 0.29) is 5.82 Å². The summed E-state index contributed by atoms with van der Waals surface area (Å²) < 4.78 is 13.4. The predicted octanol–water partition coefficient (Wildman–Crippen LogP) is 3.69. The highest BCUT2D eigenvalue weighted by atomic mass is 35.5. The Labute approximate surface area is 123 Å². The fraction of sp³-hybridized carbons (Fsp3) is 0.250. The maximum atomic E-state index is 13.4. The highest BCUT2D eigenvalue weighted by molar-refractivity contribution is 6.30. The number of hydrogen-bond acceptors (Lipinski definition) is 2. The number of hydrogen-bond donors (Lipinski definition) is 2. The van der Waals surface area contributed by atoms with Gasteiger partial charge in [-0.25, -0.2) is 4.39 Å². The number of halogens is 2. The van der Waals surface area contributed by atoms with Gasteiger partial charge >= 0.3 is 0 Å². The zero-order valence-corrected chi connectivity index (χ0v) is 11.8. The molecule has 0 fully saturated rings. The Morgan fingerprint density at radius 3 is 2.50 bits per heavy atom. The van der Waals surface area contributed by atoms with Crippen LogP contribution in [0.15, 0.2) is 48.5 Å². The van der Waals surface area contributed by atoms with E-state index in [1.165, 1.54) is 6.07 Å². The van der Waals surface area contributed by atoms with E-state index >= 15 is 0 Å². The molecule has 2 N–H and O–H groups in total. The second kappa shape index (κ2) is 7.39. The SMILES string of the molecule is OC(CCNCc1ccccc1F)c1ccc(Cl)cc1. The van der Waals surface area contributed by atoms with Crippen molar-refractivity contribution in [3.63, 3.8) is 0 Å². The van der Waals surface area contributed by atoms with Gasteiger partial charge in [0.15, 0.2) is 0 Å². The number of aliphatic hydroxyl groups is 1. The van der Waals surface area contributed by atoms with E-state index in [0.29, 0.717) is 30.1 Å². The predicted molar refractivity (Wildman–Crippen MR) is 79.1 cm³/mol. The molecule has 2 aromatic rings. The van der Waals surface area contributed by atoms with Gasteiger partial charge in [0, 0.05) is 17.1 Å². The Balaban J connectivity index is 1.76. The van der Waals surface area contributed by atoms with Gasteiger partial charge in [-0.2, -0.15) is 0 Å². The van der Waals surface area contributed by atoms with Crippen molar-refractivity contribution in [3.8, 4) is 0 Å². The molecule has 0 aliphatic carbocycles. The second-order valence-corrected chi connectivity index (χ2v) is 5.06. The lowest BCUT2D eigenvalue weighted by Gasteiger charge is -2.12. The standard InChI is InChI=1S/C16H17ClFNO/c17-14-7-5-12(6-8-14)16(20)9-10-19-11-13-3-1-2-4-15(13)18/h1-8,16,19-20H,9-11H2. The largest absolute Gasteiger partial charge is 0.388 e. The average molecular weight is 294 g/mol. The molecule has 2 nitrogen and oxygen atoms in total. The van der Waals surface area contributed by atoms with Gasteiger partial charge in [-0.3, -0.25) is 0 Å². The molecular weight excluding hydrogens is 277 g/mol. The fourth-order valence-electron chi connectivity index (χ4n) is 1.96. The van der Waals surface area contributed by atoms with Crippen LogP contribution >= 0.6 is 11.6 Å². The summed E-state index contributed by atoms with van der Waals surface area (Å²) in [5.41, 5.74) is 1.47. The highest BCUT2D eigenvalue weighted by Crippen LogP contribution is 2.18. The fourth-order valence-corrected chi connectivity index (χ4v) is 2.08. The minimum Gasteiger partial charge on any atom is -0.388 e. The quantitative estimate of drug-likeness (QED) is 0.796. The summed E-state index contributed by atoms with van der Waals surface area (Å²) in [7, 11) is 0. The lowest BCUT2D eigenvalue weighted by atomic mass is 10.1. The third kappa shape index (κ3) is 4.30. The van der Waals surface area contributed by atoms with Crippen molar-refractivity contribution in [2.24, 2.45) is 0 Å². The molecule has 0 spiro atoms. The summed E-state index contributed by atoms with van der Waals surface area (Å²) in [5.74, 6) is -0.210. The van der Waals surface area contributed by atoms with E-state index in [4.69, 9.17) is 11.6 Å². The lowest BCUT2D eigenvalue weighted by molar-refractivity contribution is 0.166. The van der Waals surface area contributed by atoms with Gasteiger partial charge < -0.3 is 10.4 Å². The zero-order valence-electron chi connectivity index (χ0n) is 11.0. The van der Waals surface area contributed by atoms with Gasteiger partial charge in [0.2, 0.25) is 0 Å². The van der Waals surface area contributed by atoms with Crippen LogP contribution in [0.3, 0.4) is 0 Å². The molecule has 1 unspecified atom stereocenters. The monoisotopic (exact) mass is 293 g/mol. The van der Waals surface area contributed by atoms with Crippen LogP contribution in [0.25, 0.3) is 0 Å². The maximum absolute atomic E-state index is 13.4. The summed E-state index contributed by atoms with van der Waals surface area (Å²) in [5, 5.41) is 13.8. The van der Waals surface area contributed by atoms with Crippen molar-refractivity contribution in [2.45, 2.75) is 19.1 Å². The summed E-state index contributed by atoms with van der Waals surface area (Å²) in [6.07, 6.45) is 0.0243. The van der Waals surface area contributed by atoms with Crippen LogP contribution in [0.5, 0.6) is 0 Å². The van der Waals surface area contributed by atoms with Crippen molar-refractivity contribution >= 4 is 11.6 Å². The summed E-state index contributed by atoms with van der Waals surface area (Å²) in [6, 6.07) is 13.8. The molecule has 0 aliphatic rings. The average Bonchev–Trinajstić information content (AvgIpc) is 2.46. The van der Waals surface area contributed by atoms with Crippen molar-refractivity contribution < 1.29 is 9.50 Å². The molecule has 0 saturated heterocycles. The van der Waals surface area contributed by atoms with Gasteiger partial charge in [-0.1, -0.05) is 41.9 Å². The zero-order chi connectivity index (χ0) is 14.4. The van der Waals surface area contributed by atoms with E-state index in [1.54, 1.807) is 24.3 Å². The van der Waals surface area contributed by atoms with Gasteiger partial charge in [-0.05, 0) is 36.7 Å². The molecule has 0 bridgehead atoms. The molecule has 2 rings (SSSR count). The molecule has 20 heavy (non-hydrogen) atoms. The normalized spacial score (nSPS) is 12.3. The van der Waals surface area contributed by atoms with Crippen LogP contribution in [-0.4, -0.2) is 11.7 Å². The molecule has 106 valence electrons. The summed E-state index contributed by atoms with van der Waals surface area (Å²) in [6.45, 7) is 1.07.